The largest absolute Gasteiger partial charge is 0.296 e. The van der Waals surface area contributed by atoms with Crippen molar-refractivity contribution in [3.05, 3.63) is 0 Å². The van der Waals surface area contributed by atoms with Crippen LogP contribution < -0.4 is 0 Å². The molecule has 0 aromatic carbocycles. The van der Waals surface area contributed by atoms with Crippen molar-refractivity contribution in [3.8, 4) is 0 Å². The molecule has 3 nitrogen and oxygen atoms in total. The lowest BCUT2D eigenvalue weighted by atomic mass is 9.73. The number of piperazine rings is 1. The first-order valence-corrected chi connectivity index (χ1v) is 12.1. The fraction of sp³-hybridized carbons (Fsp3) is 1.00. The van der Waals surface area contributed by atoms with Crippen LogP contribution in [0.3, 0.4) is 0 Å². The molecule has 174 valence electrons. The molecular formula is C26H55N3. The van der Waals surface area contributed by atoms with E-state index < -0.39 is 0 Å². The van der Waals surface area contributed by atoms with Crippen molar-refractivity contribution in [3.63, 3.8) is 0 Å². The summed E-state index contributed by atoms with van der Waals surface area (Å²) in [6.45, 7) is 30.7. The molecule has 2 aliphatic heterocycles. The second-order valence-corrected chi connectivity index (χ2v) is 12.8. The molecule has 2 heterocycles. The lowest BCUT2D eigenvalue weighted by Gasteiger charge is -2.64. The van der Waals surface area contributed by atoms with Crippen LogP contribution in [-0.4, -0.2) is 69.6 Å². The van der Waals surface area contributed by atoms with Crippen molar-refractivity contribution < 1.29 is 0 Å². The zero-order chi connectivity index (χ0) is 23.1. The molecule has 0 atom stereocenters. The van der Waals surface area contributed by atoms with Crippen molar-refractivity contribution in [1.29, 1.82) is 0 Å². The van der Waals surface area contributed by atoms with E-state index >= 15 is 0 Å². The summed E-state index contributed by atoms with van der Waals surface area (Å²) < 4.78 is 0. The maximum absolute atomic E-state index is 2.66. The van der Waals surface area contributed by atoms with Crippen LogP contribution in [-0.2, 0) is 0 Å². The first kappa shape index (κ1) is 26.9. The van der Waals surface area contributed by atoms with Gasteiger partial charge in [0.05, 0.1) is 0 Å². The minimum Gasteiger partial charge on any atom is -0.296 e. The average molecular weight is 410 g/mol. The monoisotopic (exact) mass is 409 g/mol. The van der Waals surface area contributed by atoms with Gasteiger partial charge in [0.2, 0.25) is 0 Å². The van der Waals surface area contributed by atoms with E-state index in [1.54, 1.807) is 0 Å². The van der Waals surface area contributed by atoms with Gasteiger partial charge in [-0.25, -0.2) is 0 Å². The third-order valence-corrected chi connectivity index (χ3v) is 9.08. The molecule has 0 aromatic heterocycles. The maximum atomic E-state index is 2.66. The van der Waals surface area contributed by atoms with Gasteiger partial charge in [0.1, 0.15) is 0 Å². The fourth-order valence-electron chi connectivity index (χ4n) is 5.82. The number of likely N-dealkylation sites (N-methyl/N-ethyl adjacent to an activating group) is 1. The first-order chi connectivity index (χ1) is 12.9. The van der Waals surface area contributed by atoms with Crippen LogP contribution >= 0.6 is 0 Å². The van der Waals surface area contributed by atoms with E-state index in [2.05, 4.69) is 112 Å². The quantitative estimate of drug-likeness (QED) is 0.543. The van der Waals surface area contributed by atoms with Crippen molar-refractivity contribution in [2.45, 2.75) is 136 Å². The van der Waals surface area contributed by atoms with Crippen molar-refractivity contribution in [2.75, 3.05) is 27.2 Å². The van der Waals surface area contributed by atoms with Gasteiger partial charge >= 0.3 is 0 Å². The summed E-state index contributed by atoms with van der Waals surface area (Å²) in [5.41, 5.74) is 1.44. The van der Waals surface area contributed by atoms with Gasteiger partial charge in [-0.05, 0) is 115 Å². The van der Waals surface area contributed by atoms with Gasteiger partial charge in [-0.1, -0.05) is 20.3 Å². The molecule has 0 unspecified atom stereocenters. The maximum Gasteiger partial charge on any atom is 0.0334 e. The molecule has 0 radical (unpaired) electrons. The Labute approximate surface area is 184 Å². The SMILES string of the molecule is CCC1CC(C)(C)N(C)C(C)(C)C1.CCCN1CC(C)(C)N(C)C(C)(C)C1(C)C. The molecule has 3 heteroatoms. The van der Waals surface area contributed by atoms with Gasteiger partial charge < -0.3 is 0 Å². The van der Waals surface area contributed by atoms with Crippen molar-refractivity contribution in [1.82, 2.24) is 14.7 Å². The third-order valence-electron chi connectivity index (χ3n) is 9.08. The van der Waals surface area contributed by atoms with Gasteiger partial charge in [-0.15, -0.1) is 0 Å². The van der Waals surface area contributed by atoms with Gasteiger partial charge in [-0.2, -0.15) is 0 Å². The molecule has 0 N–H and O–H groups in total. The number of nitrogens with zero attached hydrogens (tertiary/aromatic N) is 3. The zero-order valence-corrected chi connectivity index (χ0v) is 22.7. The topological polar surface area (TPSA) is 9.72 Å². The average Bonchev–Trinajstić information content (AvgIpc) is 2.57. The Morgan fingerprint density at radius 2 is 1.10 bits per heavy atom. The van der Waals surface area contributed by atoms with E-state index in [9.17, 15) is 0 Å². The summed E-state index contributed by atoms with van der Waals surface area (Å²) in [6.07, 6.45) is 5.27. The fourth-order valence-corrected chi connectivity index (χ4v) is 5.82. The van der Waals surface area contributed by atoms with Crippen LogP contribution in [0.25, 0.3) is 0 Å². The van der Waals surface area contributed by atoms with Crippen molar-refractivity contribution >= 4 is 0 Å². The number of likely N-dealkylation sites (tertiary alicyclic amines) is 1. The molecule has 0 bridgehead atoms. The predicted molar refractivity (Wildman–Crippen MR) is 131 cm³/mol. The molecule has 2 aliphatic rings. The highest BCUT2D eigenvalue weighted by Gasteiger charge is 2.53. The lowest BCUT2D eigenvalue weighted by Crippen LogP contribution is -2.76. The summed E-state index contributed by atoms with van der Waals surface area (Å²) in [4.78, 5) is 7.76. The number of rotatable bonds is 3. The van der Waals surface area contributed by atoms with E-state index in [0.717, 1.165) is 12.5 Å². The highest BCUT2D eigenvalue weighted by Crippen LogP contribution is 2.42. The summed E-state index contributed by atoms with van der Waals surface area (Å²) in [7, 11) is 4.54. The highest BCUT2D eigenvalue weighted by atomic mass is 15.4. The van der Waals surface area contributed by atoms with Crippen LogP contribution in [0.5, 0.6) is 0 Å². The molecule has 0 aliphatic carbocycles. The molecule has 2 fully saturated rings. The third kappa shape index (κ3) is 5.39. The minimum absolute atomic E-state index is 0.198. The Hall–Kier alpha value is -0.120. The van der Waals surface area contributed by atoms with Crippen molar-refractivity contribution in [2.24, 2.45) is 5.92 Å². The van der Waals surface area contributed by atoms with Crippen LogP contribution in [0.2, 0.25) is 0 Å². The summed E-state index contributed by atoms with van der Waals surface area (Å²) in [6, 6.07) is 0. The van der Waals surface area contributed by atoms with E-state index in [4.69, 9.17) is 0 Å². The standard InChI is InChI=1S/C14H30N2.C12H25N/c1-9-10-16-11-12(2,3)15(8)13(4,5)14(16,6)7;1-7-10-8-11(2,3)13(6)12(4,5)9-10/h9-11H2,1-8H3;10H,7-9H2,1-6H3. The summed E-state index contributed by atoms with van der Waals surface area (Å²) in [5.74, 6) is 0.918. The van der Waals surface area contributed by atoms with Crippen LogP contribution in [0.4, 0.5) is 0 Å². The molecule has 0 saturated carbocycles. The Bertz CT molecular complexity index is 512. The molecule has 0 aromatic rings. The van der Waals surface area contributed by atoms with Crippen LogP contribution in [0.15, 0.2) is 0 Å². The Kier molecular flexibility index (Phi) is 8.16. The van der Waals surface area contributed by atoms with Crippen LogP contribution in [0.1, 0.15) is 109 Å². The number of hydrogen-bond donors (Lipinski definition) is 0. The van der Waals surface area contributed by atoms with E-state index in [1.165, 1.54) is 32.2 Å². The van der Waals surface area contributed by atoms with E-state index in [1.807, 2.05) is 0 Å². The molecule has 0 amide bonds. The Balaban J connectivity index is 0.000000296. The van der Waals surface area contributed by atoms with Gasteiger partial charge in [-0.3, -0.25) is 14.7 Å². The van der Waals surface area contributed by atoms with E-state index in [-0.39, 0.29) is 16.6 Å². The second kappa shape index (κ2) is 8.79. The zero-order valence-electron chi connectivity index (χ0n) is 22.7. The highest BCUT2D eigenvalue weighted by molar-refractivity contribution is 5.10. The summed E-state index contributed by atoms with van der Waals surface area (Å²) in [5, 5.41) is 0. The minimum atomic E-state index is 0.198. The molecular weight excluding hydrogens is 354 g/mol. The molecule has 2 saturated heterocycles. The molecule has 0 spiro atoms. The Morgan fingerprint density at radius 3 is 1.48 bits per heavy atom. The lowest BCUT2D eigenvalue weighted by molar-refractivity contribution is -0.132. The van der Waals surface area contributed by atoms with Gasteiger partial charge in [0.25, 0.3) is 0 Å². The van der Waals surface area contributed by atoms with E-state index in [0.29, 0.717) is 11.1 Å². The Morgan fingerprint density at radius 1 is 0.655 bits per heavy atom. The van der Waals surface area contributed by atoms with Gasteiger partial charge in [0, 0.05) is 34.2 Å². The smallest absolute Gasteiger partial charge is 0.0334 e. The first-order valence-electron chi connectivity index (χ1n) is 12.1. The van der Waals surface area contributed by atoms with Crippen LogP contribution in [0, 0.1) is 5.92 Å². The normalized spacial score (nSPS) is 29.2. The predicted octanol–water partition coefficient (Wildman–Crippen LogP) is 6.28. The molecule has 29 heavy (non-hydrogen) atoms. The summed E-state index contributed by atoms with van der Waals surface area (Å²) >= 11 is 0. The second-order valence-electron chi connectivity index (χ2n) is 12.8. The number of hydrogen-bond acceptors (Lipinski definition) is 3. The van der Waals surface area contributed by atoms with Gasteiger partial charge in [0.15, 0.2) is 0 Å². The molecule has 2 rings (SSSR count). The number of piperidine rings is 1.